The fourth-order valence-corrected chi connectivity index (χ4v) is 1.52. The Balaban J connectivity index is 2.05. The minimum atomic E-state index is -0.284. The molecule has 1 aromatic carbocycles. The van der Waals surface area contributed by atoms with Crippen LogP contribution in [0.1, 0.15) is 5.69 Å². The third-order valence-corrected chi connectivity index (χ3v) is 2.84. The molecule has 0 amide bonds. The van der Waals surface area contributed by atoms with Crippen LogP contribution in [0.25, 0.3) is 0 Å². The molecule has 2 aromatic rings. The first-order valence-corrected chi connectivity index (χ1v) is 5.48. The molecule has 0 saturated carbocycles. The molecule has 1 heterocycles. The topological polar surface area (TPSA) is 42.7 Å². The van der Waals surface area contributed by atoms with Gasteiger partial charge in [-0.3, -0.25) is 4.68 Å². The van der Waals surface area contributed by atoms with Gasteiger partial charge in [-0.15, -0.1) is 5.10 Å². The summed E-state index contributed by atoms with van der Waals surface area (Å²) in [6, 6.07) is 4.91. The maximum Gasteiger partial charge on any atom is 0.139 e. The molecule has 16 heavy (non-hydrogen) atoms. The molecule has 1 aromatic heterocycles. The second-order valence-corrected chi connectivity index (χ2v) is 4.19. The van der Waals surface area contributed by atoms with E-state index in [1.54, 1.807) is 23.0 Å². The van der Waals surface area contributed by atoms with Crippen LogP contribution in [-0.4, -0.2) is 15.0 Å². The van der Waals surface area contributed by atoms with Crippen LogP contribution in [0.4, 0.5) is 10.1 Å². The van der Waals surface area contributed by atoms with E-state index in [1.807, 2.05) is 7.05 Å². The minimum Gasteiger partial charge on any atom is -0.379 e. The normalized spacial score (nSPS) is 10.4. The number of hydrogen-bond donors (Lipinski definition) is 1. The molecule has 1 N–H and O–H groups in total. The zero-order chi connectivity index (χ0) is 11.5. The van der Waals surface area contributed by atoms with E-state index in [4.69, 9.17) is 0 Å². The van der Waals surface area contributed by atoms with Gasteiger partial charge in [0.05, 0.1) is 22.9 Å². The van der Waals surface area contributed by atoms with Crippen LogP contribution in [-0.2, 0) is 13.6 Å². The Kier molecular flexibility index (Phi) is 3.19. The summed E-state index contributed by atoms with van der Waals surface area (Å²) in [6.45, 7) is 0.560. The number of benzene rings is 1. The molecule has 0 bridgehead atoms. The van der Waals surface area contributed by atoms with Crippen LogP contribution >= 0.6 is 15.9 Å². The molecular weight excluding hydrogens is 275 g/mol. The van der Waals surface area contributed by atoms with Gasteiger partial charge in [0.15, 0.2) is 0 Å². The van der Waals surface area contributed by atoms with Gasteiger partial charge in [0, 0.05) is 12.7 Å². The van der Waals surface area contributed by atoms with E-state index < -0.39 is 0 Å². The van der Waals surface area contributed by atoms with Gasteiger partial charge in [-0.05, 0) is 34.1 Å². The Bertz CT molecular complexity index is 497. The summed E-state index contributed by atoms with van der Waals surface area (Å²) in [5, 5.41) is 10.7. The van der Waals surface area contributed by atoms with Crippen molar-refractivity contribution in [2.45, 2.75) is 6.54 Å². The number of rotatable bonds is 3. The first-order chi connectivity index (χ1) is 7.66. The number of hydrogen-bond acceptors (Lipinski definition) is 3. The van der Waals surface area contributed by atoms with Crippen molar-refractivity contribution in [3.8, 4) is 0 Å². The average molecular weight is 285 g/mol. The van der Waals surface area contributed by atoms with Gasteiger partial charge in [0.2, 0.25) is 0 Å². The van der Waals surface area contributed by atoms with E-state index in [-0.39, 0.29) is 5.82 Å². The summed E-state index contributed by atoms with van der Waals surface area (Å²) in [7, 11) is 1.81. The van der Waals surface area contributed by atoms with Crippen molar-refractivity contribution in [1.29, 1.82) is 0 Å². The summed E-state index contributed by atoms with van der Waals surface area (Å²) in [6.07, 6.45) is 1.67. The number of nitrogens with zero attached hydrogens (tertiary/aromatic N) is 3. The standard InChI is InChI=1S/C10H10BrFN4/c1-16-8(6-14-15-16)5-13-7-2-3-9(11)10(12)4-7/h2-4,6,13H,5H2,1H3. The number of halogens is 2. The van der Waals surface area contributed by atoms with E-state index in [2.05, 4.69) is 31.6 Å². The molecule has 0 unspecified atom stereocenters. The Morgan fingerprint density at radius 3 is 2.94 bits per heavy atom. The lowest BCUT2D eigenvalue weighted by Gasteiger charge is -2.06. The van der Waals surface area contributed by atoms with Crippen LogP contribution in [0.15, 0.2) is 28.9 Å². The predicted molar refractivity (Wildman–Crippen MR) is 62.4 cm³/mol. The highest BCUT2D eigenvalue weighted by molar-refractivity contribution is 9.10. The lowest BCUT2D eigenvalue weighted by atomic mass is 10.3. The maximum atomic E-state index is 13.2. The number of nitrogens with one attached hydrogen (secondary N) is 1. The number of anilines is 1. The van der Waals surface area contributed by atoms with Crippen LogP contribution in [0, 0.1) is 5.82 Å². The number of aromatic nitrogens is 3. The molecule has 2 rings (SSSR count). The molecule has 0 spiro atoms. The van der Waals surface area contributed by atoms with Crippen molar-refractivity contribution in [1.82, 2.24) is 15.0 Å². The third-order valence-electron chi connectivity index (χ3n) is 2.20. The fraction of sp³-hybridized carbons (Fsp3) is 0.200. The zero-order valence-corrected chi connectivity index (χ0v) is 10.2. The van der Waals surface area contributed by atoms with Gasteiger partial charge in [0.1, 0.15) is 5.82 Å². The van der Waals surface area contributed by atoms with Gasteiger partial charge in [-0.2, -0.15) is 0 Å². The average Bonchev–Trinajstić information content (AvgIpc) is 2.66. The van der Waals surface area contributed by atoms with Crippen LogP contribution < -0.4 is 5.32 Å². The molecule has 0 fully saturated rings. The van der Waals surface area contributed by atoms with Crippen molar-refractivity contribution >= 4 is 21.6 Å². The molecule has 6 heteroatoms. The van der Waals surface area contributed by atoms with Gasteiger partial charge in [0.25, 0.3) is 0 Å². The molecule has 0 aliphatic rings. The van der Waals surface area contributed by atoms with E-state index in [0.29, 0.717) is 11.0 Å². The van der Waals surface area contributed by atoms with Gasteiger partial charge < -0.3 is 5.32 Å². The van der Waals surface area contributed by atoms with E-state index in [9.17, 15) is 4.39 Å². The second kappa shape index (κ2) is 4.61. The Morgan fingerprint density at radius 2 is 2.31 bits per heavy atom. The van der Waals surface area contributed by atoms with Crippen LogP contribution in [0.2, 0.25) is 0 Å². The maximum absolute atomic E-state index is 13.2. The number of aryl methyl sites for hydroxylation is 1. The highest BCUT2D eigenvalue weighted by Crippen LogP contribution is 2.19. The van der Waals surface area contributed by atoms with Crippen molar-refractivity contribution in [2.75, 3.05) is 5.32 Å². The molecule has 4 nitrogen and oxygen atoms in total. The summed E-state index contributed by atoms with van der Waals surface area (Å²) in [5.74, 6) is -0.284. The zero-order valence-electron chi connectivity index (χ0n) is 8.61. The molecule has 0 saturated heterocycles. The largest absolute Gasteiger partial charge is 0.379 e. The molecule has 84 valence electrons. The van der Waals surface area contributed by atoms with E-state index in [1.165, 1.54) is 6.07 Å². The van der Waals surface area contributed by atoms with E-state index >= 15 is 0 Å². The quantitative estimate of drug-likeness (QED) is 0.941. The van der Waals surface area contributed by atoms with Gasteiger partial charge in [-0.25, -0.2) is 4.39 Å². The van der Waals surface area contributed by atoms with Crippen molar-refractivity contribution in [3.05, 3.63) is 40.4 Å². The van der Waals surface area contributed by atoms with Crippen molar-refractivity contribution in [3.63, 3.8) is 0 Å². The lowest BCUT2D eigenvalue weighted by molar-refractivity contribution is 0.621. The second-order valence-electron chi connectivity index (χ2n) is 3.33. The lowest BCUT2D eigenvalue weighted by Crippen LogP contribution is -2.05. The van der Waals surface area contributed by atoms with Crippen molar-refractivity contribution in [2.24, 2.45) is 7.05 Å². The molecule has 0 radical (unpaired) electrons. The molecule has 0 aliphatic heterocycles. The summed E-state index contributed by atoms with van der Waals surface area (Å²) in [5.41, 5.74) is 1.66. The van der Waals surface area contributed by atoms with E-state index in [0.717, 1.165) is 11.4 Å². The molecule has 0 atom stereocenters. The monoisotopic (exact) mass is 284 g/mol. The van der Waals surface area contributed by atoms with Crippen LogP contribution in [0.5, 0.6) is 0 Å². The Morgan fingerprint density at radius 1 is 1.50 bits per heavy atom. The highest BCUT2D eigenvalue weighted by Gasteiger charge is 2.02. The Labute approximate surface area is 101 Å². The highest BCUT2D eigenvalue weighted by atomic mass is 79.9. The SMILES string of the molecule is Cn1nncc1CNc1ccc(Br)c(F)c1. The summed E-state index contributed by atoms with van der Waals surface area (Å²) < 4.78 is 15.3. The van der Waals surface area contributed by atoms with Crippen LogP contribution in [0.3, 0.4) is 0 Å². The minimum absolute atomic E-state index is 0.284. The summed E-state index contributed by atoms with van der Waals surface area (Å²) in [4.78, 5) is 0. The van der Waals surface area contributed by atoms with Gasteiger partial charge >= 0.3 is 0 Å². The molecule has 0 aliphatic carbocycles. The smallest absolute Gasteiger partial charge is 0.139 e. The summed E-state index contributed by atoms with van der Waals surface area (Å²) >= 11 is 3.10. The van der Waals surface area contributed by atoms with Crippen molar-refractivity contribution < 1.29 is 4.39 Å². The fourth-order valence-electron chi connectivity index (χ4n) is 1.27. The Hall–Kier alpha value is -1.43. The first kappa shape index (κ1) is 11.1. The molecular formula is C10H10BrFN4. The first-order valence-electron chi connectivity index (χ1n) is 4.69. The van der Waals surface area contributed by atoms with Gasteiger partial charge in [-0.1, -0.05) is 5.21 Å². The third kappa shape index (κ3) is 2.38. The predicted octanol–water partition coefficient (Wildman–Crippen LogP) is 2.33.